The molecule has 0 radical (unpaired) electrons. The van der Waals surface area contributed by atoms with Gasteiger partial charge < -0.3 is 19.2 Å². The number of hydrogen-bond acceptors (Lipinski definition) is 6. The van der Waals surface area contributed by atoms with E-state index in [0.717, 1.165) is 22.7 Å². The number of aromatic nitrogens is 2. The van der Waals surface area contributed by atoms with Crippen LogP contribution in [0.1, 0.15) is 11.5 Å². The van der Waals surface area contributed by atoms with E-state index in [1.807, 2.05) is 49.4 Å². The van der Waals surface area contributed by atoms with Gasteiger partial charge in [0.2, 0.25) is 11.8 Å². The maximum absolute atomic E-state index is 5.70. The number of benzene rings is 2. The summed E-state index contributed by atoms with van der Waals surface area (Å²) >= 11 is 0. The van der Waals surface area contributed by atoms with Crippen LogP contribution in [0.5, 0.6) is 11.5 Å². The number of ether oxygens (including phenoxy) is 2. The molecular formula is C18H17N3O3. The van der Waals surface area contributed by atoms with Crippen molar-refractivity contribution in [1.29, 1.82) is 0 Å². The summed E-state index contributed by atoms with van der Waals surface area (Å²) in [6, 6.07) is 13.7. The van der Waals surface area contributed by atoms with Gasteiger partial charge in [-0.1, -0.05) is 17.7 Å². The Morgan fingerprint density at radius 2 is 1.75 bits per heavy atom. The van der Waals surface area contributed by atoms with Crippen LogP contribution >= 0.6 is 0 Å². The Kier molecular flexibility index (Phi) is 3.78. The molecule has 0 amide bonds. The second kappa shape index (κ2) is 6.23. The highest BCUT2D eigenvalue weighted by atomic mass is 16.6. The van der Waals surface area contributed by atoms with Crippen molar-refractivity contribution in [3.05, 3.63) is 53.9 Å². The monoisotopic (exact) mass is 323 g/mol. The molecule has 3 aromatic rings. The fraction of sp³-hybridized carbons (Fsp3) is 0.222. The van der Waals surface area contributed by atoms with Crippen LogP contribution in [0.2, 0.25) is 0 Å². The molecule has 1 aliphatic heterocycles. The van der Waals surface area contributed by atoms with Crippen LogP contribution in [0.4, 0.5) is 5.69 Å². The zero-order valence-electron chi connectivity index (χ0n) is 13.3. The van der Waals surface area contributed by atoms with Crippen LogP contribution in [-0.2, 0) is 6.54 Å². The molecule has 2 heterocycles. The average molecular weight is 323 g/mol. The van der Waals surface area contributed by atoms with Gasteiger partial charge >= 0.3 is 0 Å². The van der Waals surface area contributed by atoms with E-state index in [9.17, 15) is 0 Å². The van der Waals surface area contributed by atoms with Gasteiger partial charge in [0.15, 0.2) is 11.5 Å². The number of hydrogen-bond donors (Lipinski definition) is 1. The molecule has 0 unspecified atom stereocenters. The van der Waals surface area contributed by atoms with Crippen molar-refractivity contribution in [3.63, 3.8) is 0 Å². The fourth-order valence-electron chi connectivity index (χ4n) is 2.47. The van der Waals surface area contributed by atoms with Crippen LogP contribution in [0, 0.1) is 6.92 Å². The molecule has 0 saturated carbocycles. The first-order valence-electron chi connectivity index (χ1n) is 7.81. The van der Waals surface area contributed by atoms with Crippen LogP contribution in [-0.4, -0.2) is 23.4 Å². The highest BCUT2D eigenvalue weighted by molar-refractivity contribution is 5.55. The Hall–Kier alpha value is -3.02. The second-order valence-corrected chi connectivity index (χ2v) is 5.58. The van der Waals surface area contributed by atoms with Gasteiger partial charge in [0.05, 0.1) is 6.54 Å². The maximum Gasteiger partial charge on any atom is 0.247 e. The van der Waals surface area contributed by atoms with Crippen molar-refractivity contribution in [2.75, 3.05) is 18.5 Å². The highest BCUT2D eigenvalue weighted by Crippen LogP contribution is 2.32. The van der Waals surface area contributed by atoms with Gasteiger partial charge in [-0.15, -0.1) is 10.2 Å². The molecule has 0 spiro atoms. The summed E-state index contributed by atoms with van der Waals surface area (Å²) < 4.78 is 16.8. The summed E-state index contributed by atoms with van der Waals surface area (Å²) in [6.07, 6.45) is 0. The summed E-state index contributed by atoms with van der Waals surface area (Å²) in [5.41, 5.74) is 3.02. The summed E-state index contributed by atoms with van der Waals surface area (Å²) in [6.45, 7) is 3.64. The van der Waals surface area contributed by atoms with Gasteiger partial charge in [-0.2, -0.15) is 0 Å². The van der Waals surface area contributed by atoms with Crippen molar-refractivity contribution < 1.29 is 13.9 Å². The van der Waals surface area contributed by atoms with Gasteiger partial charge in [0, 0.05) is 17.3 Å². The zero-order valence-corrected chi connectivity index (χ0v) is 13.3. The molecule has 0 atom stereocenters. The van der Waals surface area contributed by atoms with Crippen molar-refractivity contribution in [2.45, 2.75) is 13.5 Å². The molecular weight excluding hydrogens is 306 g/mol. The van der Waals surface area contributed by atoms with Gasteiger partial charge in [-0.3, -0.25) is 0 Å². The average Bonchev–Trinajstić information content (AvgIpc) is 3.09. The quantitative estimate of drug-likeness (QED) is 0.793. The molecule has 0 fully saturated rings. The van der Waals surface area contributed by atoms with E-state index >= 15 is 0 Å². The lowest BCUT2D eigenvalue weighted by atomic mass is 10.1. The minimum atomic E-state index is 0.443. The van der Waals surface area contributed by atoms with E-state index in [2.05, 4.69) is 15.5 Å². The number of aryl methyl sites for hydroxylation is 1. The van der Waals surface area contributed by atoms with Crippen LogP contribution in [0.15, 0.2) is 46.9 Å². The topological polar surface area (TPSA) is 69.4 Å². The van der Waals surface area contributed by atoms with Crippen molar-refractivity contribution in [2.24, 2.45) is 0 Å². The zero-order chi connectivity index (χ0) is 16.4. The molecule has 1 aromatic heterocycles. The van der Waals surface area contributed by atoms with E-state index < -0.39 is 0 Å². The molecule has 0 saturated heterocycles. The molecule has 6 nitrogen and oxygen atoms in total. The van der Waals surface area contributed by atoms with Crippen LogP contribution in [0.25, 0.3) is 11.5 Å². The van der Waals surface area contributed by atoms with E-state index in [0.29, 0.717) is 31.5 Å². The number of nitrogens with zero attached hydrogens (tertiary/aromatic N) is 2. The molecule has 4 rings (SSSR count). The van der Waals surface area contributed by atoms with Gasteiger partial charge in [0.25, 0.3) is 0 Å². The standard InChI is InChI=1S/C18H17N3O3/c1-12-2-4-13(5-3-12)18-21-20-17(24-18)11-19-14-6-7-15-16(10-14)23-9-8-22-15/h2-7,10,19H,8-9,11H2,1H3. The van der Waals surface area contributed by atoms with Crippen molar-refractivity contribution >= 4 is 5.69 Å². The second-order valence-electron chi connectivity index (χ2n) is 5.58. The first kappa shape index (κ1) is 14.6. The first-order chi connectivity index (χ1) is 11.8. The highest BCUT2D eigenvalue weighted by Gasteiger charge is 2.12. The lowest BCUT2D eigenvalue weighted by Gasteiger charge is -2.19. The first-order valence-corrected chi connectivity index (χ1v) is 7.81. The molecule has 6 heteroatoms. The number of anilines is 1. The minimum Gasteiger partial charge on any atom is -0.486 e. The summed E-state index contributed by atoms with van der Waals surface area (Å²) in [5, 5.41) is 11.4. The molecule has 1 N–H and O–H groups in total. The summed E-state index contributed by atoms with van der Waals surface area (Å²) in [4.78, 5) is 0. The van der Waals surface area contributed by atoms with Crippen LogP contribution in [0.3, 0.4) is 0 Å². The fourth-order valence-corrected chi connectivity index (χ4v) is 2.47. The molecule has 0 bridgehead atoms. The molecule has 122 valence electrons. The predicted molar refractivity (Wildman–Crippen MR) is 89.2 cm³/mol. The lowest BCUT2D eigenvalue weighted by Crippen LogP contribution is -2.15. The summed E-state index contributed by atoms with van der Waals surface area (Å²) in [7, 11) is 0. The van der Waals surface area contributed by atoms with Crippen LogP contribution < -0.4 is 14.8 Å². The number of rotatable bonds is 4. The normalized spacial score (nSPS) is 12.9. The van der Waals surface area contributed by atoms with E-state index in [1.165, 1.54) is 5.56 Å². The third-order valence-corrected chi connectivity index (χ3v) is 3.75. The molecule has 1 aliphatic rings. The summed E-state index contributed by atoms with van der Waals surface area (Å²) in [5.74, 6) is 2.57. The van der Waals surface area contributed by atoms with Crippen molar-refractivity contribution in [1.82, 2.24) is 10.2 Å². The maximum atomic E-state index is 5.70. The molecule has 0 aliphatic carbocycles. The minimum absolute atomic E-state index is 0.443. The van der Waals surface area contributed by atoms with E-state index in [-0.39, 0.29) is 0 Å². The van der Waals surface area contributed by atoms with E-state index in [1.54, 1.807) is 0 Å². The SMILES string of the molecule is Cc1ccc(-c2nnc(CNc3ccc4c(c3)OCCO4)o2)cc1. The number of nitrogens with one attached hydrogen (secondary N) is 1. The Morgan fingerprint density at radius 3 is 2.58 bits per heavy atom. The van der Waals surface area contributed by atoms with Gasteiger partial charge in [-0.25, -0.2) is 0 Å². The Labute approximate surface area is 139 Å². The number of fused-ring (bicyclic) bond motifs is 1. The predicted octanol–water partition coefficient (Wildman–Crippen LogP) is 3.43. The Morgan fingerprint density at radius 1 is 0.958 bits per heavy atom. The smallest absolute Gasteiger partial charge is 0.247 e. The van der Waals surface area contributed by atoms with Gasteiger partial charge in [0.1, 0.15) is 13.2 Å². The molecule has 2 aromatic carbocycles. The third kappa shape index (κ3) is 3.03. The Balaban J connectivity index is 1.44. The Bertz CT molecular complexity index is 843. The van der Waals surface area contributed by atoms with Gasteiger partial charge in [-0.05, 0) is 31.2 Å². The van der Waals surface area contributed by atoms with Crippen molar-refractivity contribution in [3.8, 4) is 23.0 Å². The lowest BCUT2D eigenvalue weighted by molar-refractivity contribution is 0.171. The largest absolute Gasteiger partial charge is 0.486 e. The third-order valence-electron chi connectivity index (χ3n) is 3.75. The molecule has 24 heavy (non-hydrogen) atoms. The van der Waals surface area contributed by atoms with E-state index in [4.69, 9.17) is 13.9 Å².